The number of fused-ring (bicyclic) bond motifs is 1. The Hall–Kier alpha value is -1.02. The normalized spacial score (nSPS) is 25.0. The van der Waals surface area contributed by atoms with Crippen molar-refractivity contribution in [2.24, 2.45) is 0 Å². The monoisotopic (exact) mass is 231 g/mol. The molecule has 1 atom stereocenters. The van der Waals surface area contributed by atoms with Crippen molar-refractivity contribution < 1.29 is 5.11 Å². The van der Waals surface area contributed by atoms with E-state index in [0.717, 1.165) is 6.42 Å². The predicted molar refractivity (Wildman–Crippen MR) is 70.4 cm³/mol. The van der Waals surface area contributed by atoms with Crippen molar-refractivity contribution in [1.29, 1.82) is 0 Å². The van der Waals surface area contributed by atoms with Crippen LogP contribution in [0.1, 0.15) is 37.7 Å². The van der Waals surface area contributed by atoms with E-state index in [9.17, 15) is 5.11 Å². The molecule has 1 heterocycles. The lowest BCUT2D eigenvalue weighted by Crippen LogP contribution is -2.43. The van der Waals surface area contributed by atoms with Crippen LogP contribution in [0.3, 0.4) is 0 Å². The van der Waals surface area contributed by atoms with Gasteiger partial charge in [-0.3, -0.25) is 0 Å². The molecule has 0 bridgehead atoms. The molecule has 0 amide bonds. The Morgan fingerprint density at radius 1 is 1.12 bits per heavy atom. The van der Waals surface area contributed by atoms with Gasteiger partial charge in [-0.1, -0.05) is 37.5 Å². The highest BCUT2D eigenvalue weighted by Crippen LogP contribution is 2.37. The topological polar surface area (TPSA) is 23.5 Å². The van der Waals surface area contributed by atoms with Gasteiger partial charge in [0.05, 0.1) is 12.6 Å². The molecule has 2 heteroatoms. The SMILES string of the molecule is OCC1Cc2ccccc2N1C1CCCCC1. The minimum Gasteiger partial charge on any atom is -0.394 e. The summed E-state index contributed by atoms with van der Waals surface area (Å²) >= 11 is 0. The predicted octanol–water partition coefficient (Wildman–Crippen LogP) is 2.74. The maximum absolute atomic E-state index is 9.60. The molecule has 92 valence electrons. The Kier molecular flexibility index (Phi) is 3.06. The Labute approximate surface area is 103 Å². The van der Waals surface area contributed by atoms with E-state index in [0.29, 0.717) is 12.1 Å². The number of aliphatic hydroxyl groups excluding tert-OH is 1. The summed E-state index contributed by atoms with van der Waals surface area (Å²) in [6, 6.07) is 9.63. The van der Waals surface area contributed by atoms with Gasteiger partial charge in [0, 0.05) is 11.7 Å². The summed E-state index contributed by atoms with van der Waals surface area (Å²) in [6.45, 7) is 0.283. The maximum atomic E-state index is 9.60. The van der Waals surface area contributed by atoms with Crippen molar-refractivity contribution in [2.75, 3.05) is 11.5 Å². The quantitative estimate of drug-likeness (QED) is 0.846. The van der Waals surface area contributed by atoms with Crippen molar-refractivity contribution in [3.63, 3.8) is 0 Å². The van der Waals surface area contributed by atoms with E-state index in [-0.39, 0.29) is 6.61 Å². The number of nitrogens with zero attached hydrogens (tertiary/aromatic N) is 1. The lowest BCUT2D eigenvalue weighted by Gasteiger charge is -2.37. The molecular formula is C15H21NO. The highest BCUT2D eigenvalue weighted by molar-refractivity contribution is 5.60. The summed E-state index contributed by atoms with van der Waals surface area (Å²) in [5.74, 6) is 0. The lowest BCUT2D eigenvalue weighted by atomic mass is 9.93. The fourth-order valence-corrected chi connectivity index (χ4v) is 3.49. The van der Waals surface area contributed by atoms with E-state index in [1.807, 2.05) is 0 Å². The zero-order valence-electron chi connectivity index (χ0n) is 10.3. The van der Waals surface area contributed by atoms with E-state index < -0.39 is 0 Å². The molecule has 0 aromatic heterocycles. The van der Waals surface area contributed by atoms with Crippen LogP contribution in [0.2, 0.25) is 0 Å². The Morgan fingerprint density at radius 2 is 1.88 bits per heavy atom. The van der Waals surface area contributed by atoms with E-state index in [1.54, 1.807) is 0 Å². The van der Waals surface area contributed by atoms with Gasteiger partial charge >= 0.3 is 0 Å². The third kappa shape index (κ3) is 1.95. The molecule has 0 spiro atoms. The first kappa shape index (κ1) is 11.1. The van der Waals surface area contributed by atoms with Crippen molar-refractivity contribution in [1.82, 2.24) is 0 Å². The lowest BCUT2D eigenvalue weighted by molar-refractivity contribution is 0.249. The number of para-hydroxylation sites is 1. The molecule has 1 aliphatic carbocycles. The number of hydrogen-bond donors (Lipinski definition) is 1. The highest BCUT2D eigenvalue weighted by Gasteiger charge is 2.33. The first-order valence-electron chi connectivity index (χ1n) is 6.87. The second-order valence-corrected chi connectivity index (χ2v) is 5.37. The van der Waals surface area contributed by atoms with Gasteiger partial charge in [0.15, 0.2) is 0 Å². The highest BCUT2D eigenvalue weighted by atomic mass is 16.3. The molecule has 1 fully saturated rings. The van der Waals surface area contributed by atoms with E-state index >= 15 is 0 Å². The Bertz CT molecular complexity index is 384. The zero-order valence-corrected chi connectivity index (χ0v) is 10.3. The summed E-state index contributed by atoms with van der Waals surface area (Å²) < 4.78 is 0. The first-order chi connectivity index (χ1) is 8.40. The Balaban J connectivity index is 1.89. The second-order valence-electron chi connectivity index (χ2n) is 5.37. The van der Waals surface area contributed by atoms with E-state index in [2.05, 4.69) is 29.2 Å². The molecular weight excluding hydrogens is 210 g/mol. The molecule has 1 saturated carbocycles. The van der Waals surface area contributed by atoms with Crippen LogP contribution in [-0.4, -0.2) is 23.8 Å². The Morgan fingerprint density at radius 3 is 2.65 bits per heavy atom. The minimum absolute atomic E-state index is 0.283. The smallest absolute Gasteiger partial charge is 0.0638 e. The van der Waals surface area contributed by atoms with Gasteiger partial charge in [-0.05, 0) is 30.9 Å². The number of benzene rings is 1. The van der Waals surface area contributed by atoms with Gasteiger partial charge in [-0.25, -0.2) is 0 Å². The fourth-order valence-electron chi connectivity index (χ4n) is 3.49. The van der Waals surface area contributed by atoms with Gasteiger partial charge in [0.1, 0.15) is 0 Å². The van der Waals surface area contributed by atoms with Crippen LogP contribution in [0.15, 0.2) is 24.3 Å². The molecule has 2 aliphatic rings. The van der Waals surface area contributed by atoms with Crippen LogP contribution in [-0.2, 0) is 6.42 Å². The summed E-state index contributed by atoms with van der Waals surface area (Å²) in [6.07, 6.45) is 7.69. The molecule has 0 radical (unpaired) electrons. The molecule has 1 aromatic carbocycles. The molecule has 1 aromatic rings. The summed E-state index contributed by atoms with van der Waals surface area (Å²) in [7, 11) is 0. The van der Waals surface area contributed by atoms with Crippen LogP contribution in [0.25, 0.3) is 0 Å². The summed E-state index contributed by atoms with van der Waals surface area (Å²) in [4.78, 5) is 2.51. The zero-order chi connectivity index (χ0) is 11.7. The van der Waals surface area contributed by atoms with Crippen molar-refractivity contribution >= 4 is 5.69 Å². The number of rotatable bonds is 2. The maximum Gasteiger partial charge on any atom is 0.0638 e. The largest absolute Gasteiger partial charge is 0.394 e. The van der Waals surface area contributed by atoms with Crippen LogP contribution >= 0.6 is 0 Å². The first-order valence-corrected chi connectivity index (χ1v) is 6.87. The van der Waals surface area contributed by atoms with Crippen LogP contribution in [0.5, 0.6) is 0 Å². The molecule has 17 heavy (non-hydrogen) atoms. The van der Waals surface area contributed by atoms with Crippen molar-refractivity contribution in [3.05, 3.63) is 29.8 Å². The second kappa shape index (κ2) is 4.69. The standard InChI is InChI=1S/C15H21NO/c17-11-14-10-12-6-4-5-9-15(12)16(14)13-7-2-1-3-8-13/h4-6,9,13-14,17H,1-3,7-8,10-11H2. The van der Waals surface area contributed by atoms with Gasteiger partial charge in [0.2, 0.25) is 0 Å². The van der Waals surface area contributed by atoms with Gasteiger partial charge in [0.25, 0.3) is 0 Å². The minimum atomic E-state index is 0.283. The van der Waals surface area contributed by atoms with Gasteiger partial charge < -0.3 is 10.0 Å². The number of anilines is 1. The summed E-state index contributed by atoms with van der Waals surface area (Å²) in [5, 5.41) is 9.60. The van der Waals surface area contributed by atoms with E-state index in [4.69, 9.17) is 0 Å². The number of aliphatic hydroxyl groups is 1. The molecule has 2 nitrogen and oxygen atoms in total. The molecule has 1 aliphatic heterocycles. The summed E-state index contributed by atoms with van der Waals surface area (Å²) in [5.41, 5.74) is 2.79. The molecule has 0 saturated heterocycles. The van der Waals surface area contributed by atoms with Gasteiger partial charge in [-0.2, -0.15) is 0 Å². The molecule has 1 unspecified atom stereocenters. The van der Waals surface area contributed by atoms with Gasteiger partial charge in [-0.15, -0.1) is 0 Å². The third-order valence-corrected chi connectivity index (χ3v) is 4.30. The average molecular weight is 231 g/mol. The molecule has 1 N–H and O–H groups in total. The van der Waals surface area contributed by atoms with Crippen LogP contribution in [0.4, 0.5) is 5.69 Å². The fraction of sp³-hybridized carbons (Fsp3) is 0.600. The van der Waals surface area contributed by atoms with E-state index in [1.165, 1.54) is 43.4 Å². The van der Waals surface area contributed by atoms with Crippen molar-refractivity contribution in [2.45, 2.75) is 50.6 Å². The van der Waals surface area contributed by atoms with Crippen LogP contribution < -0.4 is 4.90 Å². The average Bonchev–Trinajstić information content (AvgIpc) is 2.78. The van der Waals surface area contributed by atoms with Crippen LogP contribution in [0, 0.1) is 0 Å². The number of hydrogen-bond acceptors (Lipinski definition) is 2. The third-order valence-electron chi connectivity index (χ3n) is 4.30. The van der Waals surface area contributed by atoms with Crippen molar-refractivity contribution in [3.8, 4) is 0 Å². The molecule has 3 rings (SSSR count).